The third-order valence-corrected chi connectivity index (χ3v) is 7.17. The van der Waals surface area contributed by atoms with Crippen LogP contribution in [0, 0.1) is 5.82 Å². The Morgan fingerprint density at radius 3 is 2.69 bits per heavy atom. The van der Waals surface area contributed by atoms with Crippen LogP contribution in [0.1, 0.15) is 65.6 Å². The molecular formula is C22H20FNO4S. The lowest BCUT2D eigenvalue weighted by Crippen LogP contribution is -2.18. The molecule has 1 saturated carbocycles. The molecule has 5 nitrogen and oxygen atoms in total. The van der Waals surface area contributed by atoms with Crippen molar-refractivity contribution in [3.05, 3.63) is 50.4 Å². The molecule has 1 aromatic carbocycles. The van der Waals surface area contributed by atoms with Crippen LogP contribution >= 0.6 is 11.3 Å². The van der Waals surface area contributed by atoms with E-state index in [0.717, 1.165) is 42.2 Å². The van der Waals surface area contributed by atoms with Gasteiger partial charge in [-0.3, -0.25) is 9.59 Å². The minimum Gasteiger partial charge on any atom is -0.505 e. The zero-order valence-electron chi connectivity index (χ0n) is 15.9. The van der Waals surface area contributed by atoms with E-state index in [2.05, 4.69) is 0 Å². The number of thiophene rings is 1. The van der Waals surface area contributed by atoms with Crippen molar-refractivity contribution in [1.82, 2.24) is 4.57 Å². The maximum absolute atomic E-state index is 15.1. The molecule has 7 heteroatoms. The Morgan fingerprint density at radius 1 is 1.28 bits per heavy atom. The smallest absolute Gasteiger partial charge is 0.200 e. The first-order valence-corrected chi connectivity index (χ1v) is 10.6. The standard InChI is InChI=1S/C22H20FNO4S/c1-10(25)14-9-24(12-5-6-12)19-13(20(14)27)8-15(23)18(21(19)28)17-7-11-3-2-4-16(26)22(11)29-17/h7-9,12,16,26,28H,2-6H2,1H3. The van der Waals surface area contributed by atoms with Crippen LogP contribution in [0.3, 0.4) is 0 Å². The van der Waals surface area contributed by atoms with Crippen LogP contribution in [-0.2, 0) is 6.42 Å². The summed E-state index contributed by atoms with van der Waals surface area (Å²) in [7, 11) is 0. The van der Waals surface area contributed by atoms with Gasteiger partial charge in [-0.15, -0.1) is 11.3 Å². The molecule has 2 aliphatic carbocycles. The van der Waals surface area contributed by atoms with Gasteiger partial charge in [0.05, 0.1) is 28.1 Å². The van der Waals surface area contributed by atoms with Gasteiger partial charge in [-0.05, 0) is 56.7 Å². The second-order valence-electron chi connectivity index (χ2n) is 7.95. The van der Waals surface area contributed by atoms with Crippen LogP contribution in [0.4, 0.5) is 4.39 Å². The highest BCUT2D eigenvalue weighted by Crippen LogP contribution is 2.47. The molecule has 2 N–H and O–H groups in total. The minimum absolute atomic E-state index is 0.00524. The first kappa shape index (κ1) is 18.5. The van der Waals surface area contributed by atoms with Crippen molar-refractivity contribution in [2.45, 2.75) is 51.2 Å². The summed E-state index contributed by atoms with van der Waals surface area (Å²) in [6.45, 7) is 1.31. The van der Waals surface area contributed by atoms with Crippen molar-refractivity contribution in [2.24, 2.45) is 0 Å². The number of ketones is 1. The molecule has 2 aliphatic rings. The molecule has 29 heavy (non-hydrogen) atoms. The van der Waals surface area contributed by atoms with Crippen LogP contribution in [0.15, 0.2) is 23.1 Å². The zero-order valence-corrected chi connectivity index (χ0v) is 16.7. The molecule has 3 aromatic rings. The Bertz CT molecular complexity index is 1240. The van der Waals surface area contributed by atoms with E-state index in [4.69, 9.17) is 0 Å². The van der Waals surface area contributed by atoms with Crippen LogP contribution in [-0.4, -0.2) is 20.6 Å². The average molecular weight is 413 g/mol. The highest BCUT2D eigenvalue weighted by Gasteiger charge is 2.30. The molecule has 150 valence electrons. The van der Waals surface area contributed by atoms with E-state index in [-0.39, 0.29) is 39.6 Å². The van der Waals surface area contributed by atoms with E-state index < -0.39 is 17.3 Å². The fraction of sp³-hybridized carbons (Fsp3) is 0.364. The lowest BCUT2D eigenvalue weighted by Gasteiger charge is -2.16. The zero-order chi connectivity index (χ0) is 20.4. The molecule has 5 rings (SSSR count). The van der Waals surface area contributed by atoms with E-state index in [1.807, 2.05) is 6.07 Å². The van der Waals surface area contributed by atoms with Gasteiger partial charge >= 0.3 is 0 Å². The van der Waals surface area contributed by atoms with Crippen molar-refractivity contribution in [3.8, 4) is 16.2 Å². The van der Waals surface area contributed by atoms with E-state index >= 15 is 4.39 Å². The van der Waals surface area contributed by atoms with E-state index in [1.54, 1.807) is 4.57 Å². The summed E-state index contributed by atoms with van der Waals surface area (Å²) in [5.41, 5.74) is 0.741. The summed E-state index contributed by atoms with van der Waals surface area (Å²) in [5.74, 6) is -1.37. The number of carbonyl (C=O) groups is 1. The van der Waals surface area contributed by atoms with Crippen LogP contribution in [0.2, 0.25) is 0 Å². The van der Waals surface area contributed by atoms with E-state index in [0.29, 0.717) is 11.3 Å². The summed E-state index contributed by atoms with van der Waals surface area (Å²) >= 11 is 1.28. The van der Waals surface area contributed by atoms with Gasteiger partial charge in [0.25, 0.3) is 0 Å². The molecule has 0 radical (unpaired) electrons. The number of phenols is 1. The summed E-state index contributed by atoms with van der Waals surface area (Å²) in [5, 5.41) is 21.4. The number of phenolic OH excluding ortho intramolecular Hbond substituents is 1. The lowest BCUT2D eigenvalue weighted by molar-refractivity contribution is 0.101. The molecule has 1 fully saturated rings. The molecular weight excluding hydrogens is 393 g/mol. The van der Waals surface area contributed by atoms with Gasteiger partial charge in [-0.25, -0.2) is 4.39 Å². The molecule has 0 saturated heterocycles. The van der Waals surface area contributed by atoms with Crippen molar-refractivity contribution in [1.29, 1.82) is 0 Å². The number of hydrogen-bond donors (Lipinski definition) is 2. The Labute approximate surface area is 170 Å². The Kier molecular flexibility index (Phi) is 4.15. The van der Waals surface area contributed by atoms with Crippen molar-refractivity contribution in [3.63, 3.8) is 0 Å². The van der Waals surface area contributed by atoms with Gasteiger partial charge in [0.1, 0.15) is 5.82 Å². The highest BCUT2D eigenvalue weighted by atomic mass is 32.1. The number of aliphatic hydroxyl groups is 1. The van der Waals surface area contributed by atoms with Crippen molar-refractivity contribution >= 4 is 28.0 Å². The normalized spacial score (nSPS) is 18.8. The number of fused-ring (bicyclic) bond motifs is 2. The molecule has 0 spiro atoms. The van der Waals surface area contributed by atoms with Gasteiger partial charge < -0.3 is 14.8 Å². The summed E-state index contributed by atoms with van der Waals surface area (Å²) in [4.78, 5) is 26.0. The third kappa shape index (κ3) is 2.83. The second kappa shape index (κ2) is 6.50. The fourth-order valence-electron chi connectivity index (χ4n) is 4.25. The summed E-state index contributed by atoms with van der Waals surface area (Å²) < 4.78 is 16.9. The van der Waals surface area contributed by atoms with Gasteiger partial charge in [0, 0.05) is 22.0 Å². The number of benzene rings is 1. The summed E-state index contributed by atoms with van der Waals surface area (Å²) in [6.07, 6.45) is 5.04. The summed E-state index contributed by atoms with van der Waals surface area (Å²) in [6, 6.07) is 3.04. The predicted molar refractivity (Wildman–Crippen MR) is 109 cm³/mol. The van der Waals surface area contributed by atoms with Crippen molar-refractivity contribution in [2.75, 3.05) is 0 Å². The monoisotopic (exact) mass is 413 g/mol. The number of pyridine rings is 1. The minimum atomic E-state index is -0.705. The topological polar surface area (TPSA) is 79.5 Å². The Balaban J connectivity index is 1.81. The maximum Gasteiger partial charge on any atom is 0.200 e. The maximum atomic E-state index is 15.1. The first-order chi connectivity index (χ1) is 13.9. The molecule has 2 aromatic heterocycles. The number of hydrogen-bond acceptors (Lipinski definition) is 5. The lowest BCUT2D eigenvalue weighted by atomic mass is 9.96. The number of aliphatic hydroxyl groups excluding tert-OH is 1. The number of halogens is 1. The molecule has 0 amide bonds. The average Bonchev–Trinajstić information content (AvgIpc) is 3.42. The third-order valence-electron chi connectivity index (χ3n) is 5.88. The fourth-order valence-corrected chi connectivity index (χ4v) is 5.53. The van der Waals surface area contributed by atoms with Crippen LogP contribution in [0.5, 0.6) is 5.75 Å². The predicted octanol–water partition coefficient (Wildman–Crippen LogP) is 4.48. The van der Waals surface area contributed by atoms with Gasteiger partial charge in [0.15, 0.2) is 17.0 Å². The second-order valence-corrected chi connectivity index (χ2v) is 9.04. The SMILES string of the molecule is CC(=O)c1cn(C2CC2)c2c(O)c(-c3cc4c(s3)C(O)CCC4)c(F)cc2c1=O. The first-order valence-electron chi connectivity index (χ1n) is 9.79. The molecule has 1 atom stereocenters. The molecule has 0 bridgehead atoms. The molecule has 1 unspecified atom stereocenters. The van der Waals surface area contributed by atoms with Crippen molar-refractivity contribution < 1.29 is 19.4 Å². The van der Waals surface area contributed by atoms with Gasteiger partial charge in [0.2, 0.25) is 0 Å². The number of aromatic nitrogens is 1. The van der Waals surface area contributed by atoms with Crippen LogP contribution < -0.4 is 5.43 Å². The number of aromatic hydroxyl groups is 1. The number of carbonyl (C=O) groups excluding carboxylic acids is 1. The highest BCUT2D eigenvalue weighted by molar-refractivity contribution is 7.15. The quantitative estimate of drug-likeness (QED) is 0.621. The largest absolute Gasteiger partial charge is 0.505 e. The number of Topliss-reactive ketones (excluding diaryl/α,β-unsaturated/α-hetero) is 1. The number of nitrogens with zero attached hydrogens (tertiary/aromatic N) is 1. The van der Waals surface area contributed by atoms with E-state index in [1.165, 1.54) is 24.5 Å². The Hall–Kier alpha value is -2.51. The molecule has 2 heterocycles. The Morgan fingerprint density at radius 2 is 2.03 bits per heavy atom. The van der Waals surface area contributed by atoms with Gasteiger partial charge in [-0.1, -0.05) is 0 Å². The van der Waals surface area contributed by atoms with E-state index in [9.17, 15) is 19.8 Å². The van der Waals surface area contributed by atoms with Crippen LogP contribution in [0.25, 0.3) is 21.3 Å². The number of rotatable bonds is 3. The van der Waals surface area contributed by atoms with Gasteiger partial charge in [-0.2, -0.15) is 0 Å². The number of aryl methyl sites for hydroxylation is 1. The molecule has 0 aliphatic heterocycles.